The van der Waals surface area contributed by atoms with E-state index in [1.807, 2.05) is 0 Å². The minimum absolute atomic E-state index is 0.388. The Morgan fingerprint density at radius 1 is 1.12 bits per heavy atom. The molecule has 0 aliphatic heterocycles. The summed E-state index contributed by atoms with van der Waals surface area (Å²) in [4.78, 5) is 31.9. The van der Waals surface area contributed by atoms with Crippen molar-refractivity contribution in [1.82, 2.24) is 0 Å². The molecule has 1 aliphatic carbocycles. The van der Waals surface area contributed by atoms with Gasteiger partial charge in [-0.15, -0.1) is 11.6 Å². The number of aliphatic carboxylic acids is 2. The van der Waals surface area contributed by atoms with E-state index < -0.39 is 67.7 Å². The molecule has 4 atom stereocenters. The van der Waals surface area contributed by atoms with Gasteiger partial charge in [0.15, 0.2) is 9.84 Å². The molecule has 0 amide bonds. The molecule has 25 heavy (non-hydrogen) atoms. The fraction of sp³-hybridized carbons (Fsp3) is 0.429. The molecule has 0 heterocycles. The number of hydrogen-bond donors (Lipinski definition) is 0. The van der Waals surface area contributed by atoms with Crippen molar-refractivity contribution in [3.05, 3.63) is 34.4 Å². The molecule has 11 heteroatoms. The zero-order valence-electron chi connectivity index (χ0n) is 12.5. The fourth-order valence-electron chi connectivity index (χ4n) is 2.91. The number of benzene rings is 1. The first-order valence-electron chi connectivity index (χ1n) is 7.10. The number of carboxylic acid groups (broad SMARTS) is 2. The van der Waals surface area contributed by atoms with Gasteiger partial charge in [0.2, 0.25) is 0 Å². The Morgan fingerprint density at radius 2 is 1.68 bits per heavy atom. The zero-order valence-corrected chi connectivity index (χ0v) is 14.1. The van der Waals surface area contributed by atoms with Crippen molar-refractivity contribution in [1.29, 1.82) is 0 Å². The average molecular weight is 390 g/mol. The van der Waals surface area contributed by atoms with Gasteiger partial charge in [-0.3, -0.25) is 10.1 Å². The van der Waals surface area contributed by atoms with Gasteiger partial charge >= 0.3 is 0 Å². The van der Waals surface area contributed by atoms with Crippen molar-refractivity contribution in [2.45, 2.75) is 28.4 Å². The summed E-state index contributed by atoms with van der Waals surface area (Å²) in [6, 6.07) is 4.26. The van der Waals surface area contributed by atoms with Crippen LogP contribution in [0.5, 0.6) is 0 Å². The Labute approximate surface area is 147 Å². The predicted molar refractivity (Wildman–Crippen MR) is 79.9 cm³/mol. The molecule has 0 unspecified atom stereocenters. The number of alkyl halides is 1. The molecule has 1 aromatic carbocycles. The summed E-state index contributed by atoms with van der Waals surface area (Å²) in [5.41, 5.74) is -0.452. The van der Waals surface area contributed by atoms with Crippen LogP contribution in [0.15, 0.2) is 29.2 Å². The van der Waals surface area contributed by atoms with Crippen molar-refractivity contribution < 1.29 is 33.1 Å². The standard InChI is InChI=1S/C14H14ClNO8S/c15-11-5-9(13(17)18)10(14(19)20)6-12(11)25(23,24)8-3-1-2-7(4-8)16(21)22/h1-4,9-12H,5-6H2,(H,17,18)(H,19,20)/p-2/t9-,10+,11-,12+/m1/s1. The Morgan fingerprint density at radius 3 is 2.20 bits per heavy atom. The van der Waals surface area contributed by atoms with Gasteiger partial charge in [-0.05, 0) is 18.9 Å². The predicted octanol–water partition coefficient (Wildman–Crippen LogP) is -1.13. The van der Waals surface area contributed by atoms with E-state index in [2.05, 4.69) is 0 Å². The molecule has 1 aliphatic rings. The molecule has 0 spiro atoms. The molecule has 1 saturated carbocycles. The van der Waals surface area contributed by atoms with E-state index in [0.29, 0.717) is 0 Å². The van der Waals surface area contributed by atoms with Crippen LogP contribution in [-0.4, -0.2) is 35.9 Å². The number of nitro groups is 1. The van der Waals surface area contributed by atoms with Crippen LogP contribution in [-0.2, 0) is 19.4 Å². The second kappa shape index (κ2) is 6.96. The van der Waals surface area contributed by atoms with E-state index in [1.165, 1.54) is 6.07 Å². The van der Waals surface area contributed by atoms with Gasteiger partial charge in [-0.1, -0.05) is 6.07 Å². The maximum Gasteiger partial charge on any atom is 0.270 e. The van der Waals surface area contributed by atoms with Crippen molar-refractivity contribution >= 4 is 39.1 Å². The van der Waals surface area contributed by atoms with Crippen LogP contribution in [0.3, 0.4) is 0 Å². The minimum atomic E-state index is -4.22. The largest absolute Gasteiger partial charge is 0.550 e. The third-order valence-electron chi connectivity index (χ3n) is 4.22. The van der Waals surface area contributed by atoms with Gasteiger partial charge < -0.3 is 19.8 Å². The van der Waals surface area contributed by atoms with E-state index in [1.54, 1.807) is 0 Å². The van der Waals surface area contributed by atoms with Crippen molar-refractivity contribution in [3.8, 4) is 0 Å². The molecule has 1 fully saturated rings. The third kappa shape index (κ3) is 3.74. The maximum absolute atomic E-state index is 12.7. The summed E-state index contributed by atoms with van der Waals surface area (Å²) in [5, 5.41) is 30.5. The quantitative estimate of drug-likeness (QED) is 0.347. The SMILES string of the molecule is O=C([O-])[C@H]1C[C@H](S(=O)(=O)c2cccc([N+](=O)[O-])c2)[C@H](Cl)C[C@H]1C(=O)[O-]. The first-order chi connectivity index (χ1) is 11.6. The Balaban J connectivity index is 2.42. The van der Waals surface area contributed by atoms with E-state index in [0.717, 1.165) is 18.2 Å². The molecule has 136 valence electrons. The van der Waals surface area contributed by atoms with Gasteiger partial charge in [0.25, 0.3) is 5.69 Å². The third-order valence-corrected chi connectivity index (χ3v) is 7.08. The van der Waals surface area contributed by atoms with Crippen LogP contribution in [0, 0.1) is 22.0 Å². The van der Waals surface area contributed by atoms with E-state index in [-0.39, 0.29) is 4.90 Å². The van der Waals surface area contributed by atoms with Gasteiger partial charge in [0.05, 0.1) is 20.4 Å². The summed E-state index contributed by atoms with van der Waals surface area (Å²) in [5.74, 6) is -6.41. The topological polar surface area (TPSA) is 158 Å². The first kappa shape index (κ1) is 19.1. The molecule has 1 aromatic rings. The lowest BCUT2D eigenvalue weighted by molar-refractivity contribution is -0.385. The minimum Gasteiger partial charge on any atom is -0.550 e. The van der Waals surface area contributed by atoms with Gasteiger partial charge in [0, 0.05) is 35.9 Å². The van der Waals surface area contributed by atoms with E-state index in [4.69, 9.17) is 11.6 Å². The molecule has 0 saturated heterocycles. The second-order valence-corrected chi connectivity index (χ2v) is 8.40. The van der Waals surface area contributed by atoms with E-state index >= 15 is 0 Å². The Bertz CT molecular complexity index is 824. The smallest absolute Gasteiger partial charge is 0.270 e. The van der Waals surface area contributed by atoms with Gasteiger partial charge in [0.1, 0.15) is 0 Å². The Hall–Kier alpha value is -2.20. The zero-order chi connectivity index (χ0) is 18.9. The summed E-state index contributed by atoms with van der Waals surface area (Å²) >= 11 is 6.01. The molecule has 0 N–H and O–H groups in total. The van der Waals surface area contributed by atoms with Crippen LogP contribution in [0.2, 0.25) is 0 Å². The molecular weight excluding hydrogens is 378 g/mol. The number of non-ortho nitro benzene ring substituents is 1. The maximum atomic E-state index is 12.7. The molecular formula is C14H12ClNO8S-2. The number of nitro benzene ring substituents is 1. The normalized spacial score (nSPS) is 26.8. The highest BCUT2D eigenvalue weighted by Crippen LogP contribution is 2.38. The number of hydrogen-bond acceptors (Lipinski definition) is 8. The number of halogens is 1. The molecule has 0 radical (unpaired) electrons. The van der Waals surface area contributed by atoms with E-state index in [9.17, 15) is 38.3 Å². The molecule has 0 bridgehead atoms. The number of carbonyl (C=O) groups excluding carboxylic acids is 2. The molecule has 9 nitrogen and oxygen atoms in total. The van der Waals surface area contributed by atoms with Crippen LogP contribution in [0.25, 0.3) is 0 Å². The Kier molecular flexibility index (Phi) is 5.33. The summed E-state index contributed by atoms with van der Waals surface area (Å²) in [7, 11) is -4.22. The number of carbonyl (C=O) groups is 2. The first-order valence-corrected chi connectivity index (χ1v) is 9.08. The number of carboxylic acids is 2. The monoisotopic (exact) mass is 389 g/mol. The molecule has 2 rings (SSSR count). The number of rotatable bonds is 5. The van der Waals surface area contributed by atoms with Crippen molar-refractivity contribution in [2.24, 2.45) is 11.8 Å². The molecule has 0 aromatic heterocycles. The van der Waals surface area contributed by atoms with Crippen molar-refractivity contribution in [3.63, 3.8) is 0 Å². The van der Waals surface area contributed by atoms with Crippen LogP contribution >= 0.6 is 11.6 Å². The highest BCUT2D eigenvalue weighted by atomic mass is 35.5. The summed E-state index contributed by atoms with van der Waals surface area (Å²) in [6.07, 6.45) is -1.01. The summed E-state index contributed by atoms with van der Waals surface area (Å²) in [6.45, 7) is 0. The average Bonchev–Trinajstić information content (AvgIpc) is 2.54. The lowest BCUT2D eigenvalue weighted by atomic mass is 9.79. The number of sulfone groups is 1. The highest BCUT2D eigenvalue weighted by molar-refractivity contribution is 7.92. The summed E-state index contributed by atoms with van der Waals surface area (Å²) < 4.78 is 25.5. The van der Waals surface area contributed by atoms with Gasteiger partial charge in [-0.2, -0.15) is 0 Å². The number of nitrogens with zero attached hydrogens (tertiary/aromatic N) is 1. The lowest BCUT2D eigenvalue weighted by Gasteiger charge is -2.39. The fourth-order valence-corrected chi connectivity index (χ4v) is 5.48. The van der Waals surface area contributed by atoms with Gasteiger partial charge in [-0.25, -0.2) is 8.42 Å². The van der Waals surface area contributed by atoms with Crippen LogP contribution < -0.4 is 10.2 Å². The van der Waals surface area contributed by atoms with Crippen LogP contribution in [0.4, 0.5) is 5.69 Å². The highest BCUT2D eigenvalue weighted by Gasteiger charge is 2.44. The van der Waals surface area contributed by atoms with Crippen molar-refractivity contribution in [2.75, 3.05) is 0 Å². The second-order valence-electron chi connectivity index (χ2n) is 5.68. The lowest BCUT2D eigenvalue weighted by Crippen LogP contribution is -2.52. The van der Waals surface area contributed by atoms with Crippen LogP contribution in [0.1, 0.15) is 12.8 Å².